The largest absolute Gasteiger partial charge is 0.469 e. The SMILES string of the molecule is COC(=O)Cc1cc(Cl)nc(C)n1. The first-order valence-electron chi connectivity index (χ1n) is 3.68. The van der Waals surface area contributed by atoms with Crippen molar-refractivity contribution in [3.05, 3.63) is 22.7 Å². The number of carbonyl (C=O) groups is 1. The van der Waals surface area contributed by atoms with E-state index in [9.17, 15) is 4.79 Å². The molecule has 0 bridgehead atoms. The second-order valence-corrected chi connectivity index (χ2v) is 2.87. The summed E-state index contributed by atoms with van der Waals surface area (Å²) in [7, 11) is 1.33. The van der Waals surface area contributed by atoms with Gasteiger partial charge in [-0.25, -0.2) is 9.97 Å². The van der Waals surface area contributed by atoms with E-state index in [1.165, 1.54) is 7.11 Å². The highest BCUT2D eigenvalue weighted by atomic mass is 35.5. The van der Waals surface area contributed by atoms with Gasteiger partial charge in [-0.1, -0.05) is 11.6 Å². The van der Waals surface area contributed by atoms with E-state index in [4.69, 9.17) is 11.6 Å². The first kappa shape index (κ1) is 9.92. The van der Waals surface area contributed by atoms with Crippen LogP contribution in [0.2, 0.25) is 5.15 Å². The summed E-state index contributed by atoms with van der Waals surface area (Å²) in [6, 6.07) is 1.55. The monoisotopic (exact) mass is 200 g/mol. The summed E-state index contributed by atoms with van der Waals surface area (Å²) in [5.41, 5.74) is 0.573. The predicted molar refractivity (Wildman–Crippen MR) is 47.5 cm³/mol. The van der Waals surface area contributed by atoms with Gasteiger partial charge in [-0.2, -0.15) is 0 Å². The normalized spacial score (nSPS) is 9.77. The molecule has 70 valence electrons. The Hall–Kier alpha value is -1.16. The molecule has 1 rings (SSSR count). The Kier molecular flexibility index (Phi) is 3.19. The molecule has 0 saturated carbocycles. The minimum Gasteiger partial charge on any atom is -0.469 e. The van der Waals surface area contributed by atoms with Crippen LogP contribution in [-0.4, -0.2) is 23.0 Å². The Balaban J connectivity index is 2.83. The van der Waals surface area contributed by atoms with Gasteiger partial charge in [0, 0.05) is 0 Å². The second kappa shape index (κ2) is 4.18. The maximum absolute atomic E-state index is 10.9. The van der Waals surface area contributed by atoms with E-state index < -0.39 is 0 Å². The van der Waals surface area contributed by atoms with Crippen molar-refractivity contribution in [1.82, 2.24) is 9.97 Å². The number of ether oxygens (including phenoxy) is 1. The second-order valence-electron chi connectivity index (χ2n) is 2.48. The van der Waals surface area contributed by atoms with E-state index in [1.807, 2.05) is 0 Å². The van der Waals surface area contributed by atoms with Gasteiger partial charge >= 0.3 is 5.97 Å². The van der Waals surface area contributed by atoms with Crippen molar-refractivity contribution in [2.75, 3.05) is 7.11 Å². The molecular weight excluding hydrogens is 192 g/mol. The third-order valence-corrected chi connectivity index (χ3v) is 1.61. The van der Waals surface area contributed by atoms with Crippen molar-refractivity contribution < 1.29 is 9.53 Å². The molecule has 0 fully saturated rings. The zero-order chi connectivity index (χ0) is 9.84. The van der Waals surface area contributed by atoms with Gasteiger partial charge in [0.05, 0.1) is 19.2 Å². The first-order chi connectivity index (χ1) is 6.11. The van der Waals surface area contributed by atoms with Gasteiger partial charge in [0.15, 0.2) is 0 Å². The number of halogens is 1. The molecule has 0 N–H and O–H groups in total. The number of aromatic nitrogens is 2. The molecule has 0 spiro atoms. The molecule has 1 heterocycles. The molecule has 0 aliphatic rings. The fourth-order valence-electron chi connectivity index (χ4n) is 0.900. The summed E-state index contributed by atoms with van der Waals surface area (Å²) in [6.45, 7) is 1.71. The summed E-state index contributed by atoms with van der Waals surface area (Å²) in [6.07, 6.45) is 0.125. The lowest BCUT2D eigenvalue weighted by Crippen LogP contribution is -2.07. The summed E-state index contributed by atoms with van der Waals surface area (Å²) in [5, 5.41) is 0.339. The number of hydrogen-bond acceptors (Lipinski definition) is 4. The van der Waals surface area contributed by atoms with Crippen molar-refractivity contribution in [2.24, 2.45) is 0 Å². The Morgan fingerprint density at radius 3 is 2.85 bits per heavy atom. The molecule has 0 radical (unpaired) electrons. The molecule has 0 unspecified atom stereocenters. The van der Waals surface area contributed by atoms with Crippen LogP contribution in [0.25, 0.3) is 0 Å². The zero-order valence-electron chi connectivity index (χ0n) is 7.37. The molecule has 0 amide bonds. The number of rotatable bonds is 2. The van der Waals surface area contributed by atoms with E-state index in [1.54, 1.807) is 13.0 Å². The third-order valence-electron chi connectivity index (χ3n) is 1.41. The van der Waals surface area contributed by atoms with E-state index in [2.05, 4.69) is 14.7 Å². The number of aryl methyl sites for hydroxylation is 1. The fraction of sp³-hybridized carbons (Fsp3) is 0.375. The lowest BCUT2D eigenvalue weighted by atomic mass is 10.3. The standard InChI is InChI=1S/C8H9ClN2O2/c1-5-10-6(3-7(9)11-5)4-8(12)13-2/h3H,4H2,1-2H3. The number of esters is 1. The smallest absolute Gasteiger partial charge is 0.311 e. The van der Waals surface area contributed by atoms with Gasteiger partial charge in [0.2, 0.25) is 0 Å². The minimum atomic E-state index is -0.339. The number of nitrogens with zero attached hydrogens (tertiary/aromatic N) is 2. The van der Waals surface area contributed by atoms with Crippen LogP contribution in [-0.2, 0) is 16.0 Å². The lowest BCUT2D eigenvalue weighted by molar-refractivity contribution is -0.139. The van der Waals surface area contributed by atoms with Crippen molar-refractivity contribution in [1.29, 1.82) is 0 Å². The van der Waals surface area contributed by atoms with Crippen molar-refractivity contribution >= 4 is 17.6 Å². The van der Waals surface area contributed by atoms with Gasteiger partial charge in [-0.15, -0.1) is 0 Å². The molecule has 13 heavy (non-hydrogen) atoms. The summed E-state index contributed by atoms with van der Waals surface area (Å²) in [4.78, 5) is 18.8. The molecule has 1 aromatic rings. The summed E-state index contributed by atoms with van der Waals surface area (Å²) >= 11 is 5.67. The summed E-state index contributed by atoms with van der Waals surface area (Å²) in [5.74, 6) is 0.209. The maximum atomic E-state index is 10.9. The van der Waals surface area contributed by atoms with Crippen LogP contribution in [0.3, 0.4) is 0 Å². The van der Waals surface area contributed by atoms with Gasteiger partial charge in [0.1, 0.15) is 11.0 Å². The molecule has 5 heteroatoms. The summed E-state index contributed by atoms with van der Waals surface area (Å²) < 4.78 is 4.49. The topological polar surface area (TPSA) is 52.1 Å². The van der Waals surface area contributed by atoms with Gasteiger partial charge in [0.25, 0.3) is 0 Å². The van der Waals surface area contributed by atoms with E-state index in [0.29, 0.717) is 16.7 Å². The Bertz CT molecular complexity index is 308. The first-order valence-corrected chi connectivity index (χ1v) is 4.06. The number of carbonyl (C=O) groups excluding carboxylic acids is 1. The Morgan fingerprint density at radius 2 is 2.31 bits per heavy atom. The quantitative estimate of drug-likeness (QED) is 0.531. The van der Waals surface area contributed by atoms with Crippen molar-refractivity contribution in [2.45, 2.75) is 13.3 Å². The van der Waals surface area contributed by atoms with Crippen LogP contribution in [0, 0.1) is 6.92 Å². The molecule has 1 aromatic heterocycles. The third kappa shape index (κ3) is 2.99. The van der Waals surface area contributed by atoms with Crippen molar-refractivity contribution in [3.8, 4) is 0 Å². The van der Waals surface area contributed by atoms with Crippen LogP contribution in [0.5, 0.6) is 0 Å². The van der Waals surface area contributed by atoms with Crippen LogP contribution in [0.1, 0.15) is 11.5 Å². The average molecular weight is 201 g/mol. The Labute approximate surface area is 80.9 Å². The van der Waals surface area contributed by atoms with Gasteiger partial charge in [-0.05, 0) is 13.0 Å². The van der Waals surface area contributed by atoms with E-state index in [-0.39, 0.29) is 12.4 Å². The van der Waals surface area contributed by atoms with E-state index >= 15 is 0 Å². The van der Waals surface area contributed by atoms with Crippen LogP contribution in [0.4, 0.5) is 0 Å². The highest BCUT2D eigenvalue weighted by Gasteiger charge is 2.05. The number of methoxy groups -OCH3 is 1. The lowest BCUT2D eigenvalue weighted by Gasteiger charge is -2.00. The fourth-order valence-corrected chi connectivity index (χ4v) is 1.15. The number of hydrogen-bond donors (Lipinski definition) is 0. The maximum Gasteiger partial charge on any atom is 0.311 e. The molecule has 0 aliphatic heterocycles. The molecule has 0 saturated heterocycles. The zero-order valence-corrected chi connectivity index (χ0v) is 8.13. The molecule has 4 nitrogen and oxygen atoms in total. The Morgan fingerprint density at radius 1 is 1.62 bits per heavy atom. The molecule has 0 atom stereocenters. The van der Waals surface area contributed by atoms with Crippen molar-refractivity contribution in [3.63, 3.8) is 0 Å². The average Bonchev–Trinajstić information content (AvgIpc) is 2.02. The molecule has 0 aliphatic carbocycles. The van der Waals surface area contributed by atoms with Gasteiger partial charge < -0.3 is 4.74 Å². The van der Waals surface area contributed by atoms with E-state index in [0.717, 1.165) is 0 Å². The predicted octanol–water partition coefficient (Wildman–Crippen LogP) is 1.15. The van der Waals surface area contributed by atoms with Crippen LogP contribution >= 0.6 is 11.6 Å². The minimum absolute atomic E-state index is 0.125. The highest BCUT2D eigenvalue weighted by Crippen LogP contribution is 2.07. The molecular formula is C8H9ClN2O2. The van der Waals surface area contributed by atoms with Gasteiger partial charge in [-0.3, -0.25) is 4.79 Å². The van der Waals surface area contributed by atoms with Crippen LogP contribution in [0.15, 0.2) is 6.07 Å². The molecule has 0 aromatic carbocycles. The van der Waals surface area contributed by atoms with Crippen LogP contribution < -0.4 is 0 Å². The highest BCUT2D eigenvalue weighted by molar-refractivity contribution is 6.29.